The zero-order chi connectivity index (χ0) is 15.2. The number of rotatable bonds is 6. The number of para-hydroxylation sites is 1. The molecule has 0 saturated carbocycles. The molecule has 1 heterocycles. The number of nitrogens with zero attached hydrogens (tertiary/aromatic N) is 1. The Balaban J connectivity index is 1.85. The third-order valence-corrected chi connectivity index (χ3v) is 4.60. The lowest BCUT2D eigenvalue weighted by molar-refractivity contribution is 0.0388. The van der Waals surface area contributed by atoms with E-state index >= 15 is 0 Å². The van der Waals surface area contributed by atoms with Gasteiger partial charge in [0.2, 0.25) is 0 Å². The van der Waals surface area contributed by atoms with Gasteiger partial charge in [0.1, 0.15) is 12.7 Å². The Morgan fingerprint density at radius 1 is 1.33 bits per heavy atom. The largest absolute Gasteiger partial charge is 0.488 e. The minimum Gasteiger partial charge on any atom is -0.488 e. The Labute approximate surface area is 136 Å². The second-order valence-corrected chi connectivity index (χ2v) is 6.38. The first kappa shape index (κ1) is 16.9. The number of halogens is 2. The van der Waals surface area contributed by atoms with Crippen LogP contribution in [0, 0.1) is 0 Å². The molecule has 1 aromatic carbocycles. The van der Waals surface area contributed by atoms with Gasteiger partial charge >= 0.3 is 0 Å². The highest BCUT2D eigenvalue weighted by Gasteiger charge is 2.23. The highest BCUT2D eigenvalue weighted by Crippen LogP contribution is 2.32. The molecule has 0 amide bonds. The lowest BCUT2D eigenvalue weighted by Gasteiger charge is -2.36. The molecule has 0 spiro atoms. The van der Waals surface area contributed by atoms with Crippen molar-refractivity contribution in [1.29, 1.82) is 0 Å². The Bertz CT molecular complexity index is 436. The quantitative estimate of drug-likeness (QED) is 0.855. The summed E-state index contributed by atoms with van der Waals surface area (Å²) in [6.45, 7) is 4.11. The van der Waals surface area contributed by atoms with Crippen molar-refractivity contribution in [2.75, 3.05) is 19.7 Å². The number of aliphatic hydroxyl groups excluding tert-OH is 1. The van der Waals surface area contributed by atoms with E-state index in [9.17, 15) is 5.11 Å². The highest BCUT2D eigenvalue weighted by atomic mass is 35.5. The number of likely N-dealkylation sites (tertiary alicyclic amines) is 1. The van der Waals surface area contributed by atoms with Crippen molar-refractivity contribution >= 4 is 23.2 Å². The third kappa shape index (κ3) is 4.75. The zero-order valence-corrected chi connectivity index (χ0v) is 13.9. The standard InChI is InChI=1S/C16H23Cl2NO2/c1-2-12-6-3-4-9-19(12)10-13(20)11-21-16-14(17)7-5-8-15(16)18/h5,7-8,12-13,20H,2-4,6,9-11H2,1H3/t12-,13-/m0/s1. The van der Waals surface area contributed by atoms with Crippen LogP contribution in [0.25, 0.3) is 0 Å². The number of β-amino-alcohol motifs (C(OH)–C–C–N with tert-alkyl or cyclic N) is 1. The number of aliphatic hydroxyl groups is 1. The van der Waals surface area contributed by atoms with Gasteiger partial charge in [-0.05, 0) is 37.9 Å². The maximum Gasteiger partial charge on any atom is 0.156 e. The average molecular weight is 332 g/mol. The molecule has 5 heteroatoms. The van der Waals surface area contributed by atoms with Crippen molar-refractivity contribution in [1.82, 2.24) is 4.90 Å². The molecular weight excluding hydrogens is 309 g/mol. The monoisotopic (exact) mass is 331 g/mol. The fourth-order valence-electron chi connectivity index (χ4n) is 2.89. The summed E-state index contributed by atoms with van der Waals surface area (Å²) in [6.07, 6.45) is 4.31. The van der Waals surface area contributed by atoms with E-state index in [1.54, 1.807) is 18.2 Å². The SMILES string of the molecule is CC[C@H]1CCCCN1C[C@H](O)COc1c(Cl)cccc1Cl. The van der Waals surface area contributed by atoms with E-state index < -0.39 is 6.10 Å². The van der Waals surface area contributed by atoms with Crippen LogP contribution >= 0.6 is 23.2 Å². The minimum atomic E-state index is -0.538. The predicted molar refractivity (Wildman–Crippen MR) is 87.5 cm³/mol. The van der Waals surface area contributed by atoms with Gasteiger partial charge in [0, 0.05) is 12.6 Å². The summed E-state index contributed by atoms with van der Waals surface area (Å²) in [5, 5.41) is 11.1. The lowest BCUT2D eigenvalue weighted by Crippen LogP contribution is -2.44. The smallest absolute Gasteiger partial charge is 0.156 e. The Hall–Kier alpha value is -0.480. The van der Waals surface area contributed by atoms with Gasteiger partial charge in [-0.2, -0.15) is 0 Å². The second kappa shape index (κ2) is 8.23. The van der Waals surface area contributed by atoms with Crippen LogP contribution in [-0.2, 0) is 0 Å². The van der Waals surface area contributed by atoms with Crippen LogP contribution in [0.1, 0.15) is 32.6 Å². The maximum absolute atomic E-state index is 10.2. The van der Waals surface area contributed by atoms with Crippen molar-refractivity contribution in [3.05, 3.63) is 28.2 Å². The Morgan fingerprint density at radius 2 is 2.05 bits per heavy atom. The molecular formula is C16H23Cl2NO2. The van der Waals surface area contributed by atoms with E-state index in [0.717, 1.165) is 13.0 Å². The van der Waals surface area contributed by atoms with Gasteiger partial charge in [0.25, 0.3) is 0 Å². The van der Waals surface area contributed by atoms with Gasteiger partial charge in [0.15, 0.2) is 5.75 Å². The molecule has 118 valence electrons. The maximum atomic E-state index is 10.2. The molecule has 0 aliphatic carbocycles. The summed E-state index contributed by atoms with van der Waals surface area (Å²) in [7, 11) is 0. The van der Waals surface area contributed by atoms with E-state index in [-0.39, 0.29) is 6.61 Å². The number of hydrogen-bond donors (Lipinski definition) is 1. The Morgan fingerprint density at radius 3 is 2.71 bits per heavy atom. The van der Waals surface area contributed by atoms with E-state index in [0.29, 0.717) is 28.4 Å². The number of ether oxygens (including phenoxy) is 1. The molecule has 0 radical (unpaired) electrons. The number of piperidine rings is 1. The summed E-state index contributed by atoms with van der Waals surface area (Å²) >= 11 is 12.1. The molecule has 0 aromatic heterocycles. The zero-order valence-electron chi connectivity index (χ0n) is 12.4. The highest BCUT2D eigenvalue weighted by molar-refractivity contribution is 6.37. The molecule has 21 heavy (non-hydrogen) atoms. The summed E-state index contributed by atoms with van der Waals surface area (Å²) in [5.41, 5.74) is 0. The van der Waals surface area contributed by atoms with Crippen molar-refractivity contribution in [2.24, 2.45) is 0 Å². The van der Waals surface area contributed by atoms with Crippen LogP contribution in [0.15, 0.2) is 18.2 Å². The molecule has 2 rings (SSSR count). The van der Waals surface area contributed by atoms with Crippen LogP contribution in [0.3, 0.4) is 0 Å². The van der Waals surface area contributed by atoms with Crippen LogP contribution in [0.2, 0.25) is 10.0 Å². The molecule has 0 unspecified atom stereocenters. The summed E-state index contributed by atoms with van der Waals surface area (Å²) in [4.78, 5) is 2.37. The third-order valence-electron chi connectivity index (χ3n) is 4.00. The Kier molecular flexibility index (Phi) is 6.62. The fraction of sp³-hybridized carbons (Fsp3) is 0.625. The first-order chi connectivity index (χ1) is 10.1. The molecule has 1 aliphatic rings. The topological polar surface area (TPSA) is 32.7 Å². The first-order valence-electron chi connectivity index (χ1n) is 7.60. The van der Waals surface area contributed by atoms with E-state index in [1.165, 1.54) is 19.3 Å². The number of hydrogen-bond acceptors (Lipinski definition) is 3. The first-order valence-corrected chi connectivity index (χ1v) is 8.36. The summed E-state index contributed by atoms with van der Waals surface area (Å²) in [6, 6.07) is 5.81. The van der Waals surface area contributed by atoms with E-state index in [1.807, 2.05) is 0 Å². The van der Waals surface area contributed by atoms with Gasteiger partial charge in [0.05, 0.1) is 10.0 Å². The van der Waals surface area contributed by atoms with Crippen molar-refractivity contribution in [2.45, 2.75) is 44.8 Å². The predicted octanol–water partition coefficient (Wildman–Crippen LogP) is 4.00. The average Bonchev–Trinajstić information content (AvgIpc) is 2.47. The fourth-order valence-corrected chi connectivity index (χ4v) is 3.39. The van der Waals surface area contributed by atoms with Gasteiger partial charge in [-0.3, -0.25) is 4.90 Å². The lowest BCUT2D eigenvalue weighted by atomic mass is 10.00. The van der Waals surface area contributed by atoms with Gasteiger partial charge in [-0.25, -0.2) is 0 Å². The van der Waals surface area contributed by atoms with Crippen LogP contribution in [-0.4, -0.2) is 41.8 Å². The molecule has 1 fully saturated rings. The van der Waals surface area contributed by atoms with Crippen LogP contribution in [0.5, 0.6) is 5.75 Å². The molecule has 1 N–H and O–H groups in total. The van der Waals surface area contributed by atoms with E-state index in [2.05, 4.69) is 11.8 Å². The molecule has 1 aliphatic heterocycles. The van der Waals surface area contributed by atoms with Crippen molar-refractivity contribution < 1.29 is 9.84 Å². The molecule has 2 atom stereocenters. The van der Waals surface area contributed by atoms with Crippen molar-refractivity contribution in [3.63, 3.8) is 0 Å². The number of benzene rings is 1. The summed E-state index contributed by atoms with van der Waals surface area (Å²) < 4.78 is 5.60. The van der Waals surface area contributed by atoms with Crippen molar-refractivity contribution in [3.8, 4) is 5.75 Å². The molecule has 0 bridgehead atoms. The van der Waals surface area contributed by atoms with E-state index in [4.69, 9.17) is 27.9 Å². The normalized spacial score (nSPS) is 21.2. The van der Waals surface area contributed by atoms with Crippen LogP contribution in [0.4, 0.5) is 0 Å². The van der Waals surface area contributed by atoms with Crippen LogP contribution < -0.4 is 4.74 Å². The minimum absolute atomic E-state index is 0.205. The van der Waals surface area contributed by atoms with Gasteiger partial charge in [-0.1, -0.05) is 42.6 Å². The molecule has 1 aromatic rings. The van der Waals surface area contributed by atoms with Gasteiger partial charge < -0.3 is 9.84 Å². The molecule has 3 nitrogen and oxygen atoms in total. The van der Waals surface area contributed by atoms with Gasteiger partial charge in [-0.15, -0.1) is 0 Å². The summed E-state index contributed by atoms with van der Waals surface area (Å²) in [5.74, 6) is 0.450. The molecule has 1 saturated heterocycles. The second-order valence-electron chi connectivity index (χ2n) is 5.57.